The van der Waals surface area contributed by atoms with E-state index in [0.29, 0.717) is 5.76 Å². The van der Waals surface area contributed by atoms with E-state index < -0.39 is 135 Å². The van der Waals surface area contributed by atoms with Crippen LogP contribution in [0.2, 0.25) is 0 Å². The van der Waals surface area contributed by atoms with Crippen molar-refractivity contribution in [3.05, 3.63) is 12.0 Å². The molecule has 4 fully saturated rings. The summed E-state index contributed by atoms with van der Waals surface area (Å²) >= 11 is 0. The molecule has 1 N–H and O–H groups in total. The lowest BCUT2D eigenvalue weighted by atomic mass is 9.95. The highest BCUT2D eigenvalue weighted by Crippen LogP contribution is 2.39. The SMILES string of the molecule is COCC1O[C@@H](O[C@@H]2C(C)O[C@H](O[C@@H]3C(COC)O[C@@H](O[C@@H]4C(COC)O[C@H](OC5=COCC(OC)C5OC)C(OC)C4OC)C(OC)C3OC)C(OC)C2OC)C(OC)C(OC)[C@@H]1O. The summed E-state index contributed by atoms with van der Waals surface area (Å²) in [5.41, 5.74) is 0. The third-order valence-electron chi connectivity index (χ3n) is 12.5. The van der Waals surface area contributed by atoms with E-state index in [-0.39, 0.29) is 26.4 Å². The Kier molecular flexibility index (Phi) is 22.2. The number of ether oxygens (including phenoxy) is 22. The van der Waals surface area contributed by atoms with Gasteiger partial charge in [0.15, 0.2) is 24.6 Å². The van der Waals surface area contributed by atoms with Gasteiger partial charge in [-0.2, -0.15) is 0 Å². The molecule has 0 aromatic heterocycles. The second kappa shape index (κ2) is 26.5. The van der Waals surface area contributed by atoms with Gasteiger partial charge in [0.05, 0.1) is 25.9 Å². The van der Waals surface area contributed by atoms with Gasteiger partial charge in [0.2, 0.25) is 6.29 Å². The minimum atomic E-state index is -1.10. The number of methoxy groups -OCH3 is 13. The highest BCUT2D eigenvalue weighted by atomic mass is 16.8. The quantitative estimate of drug-likeness (QED) is 0.128. The molecule has 380 valence electrons. The van der Waals surface area contributed by atoms with Crippen LogP contribution in [-0.4, -0.2) is 259 Å². The van der Waals surface area contributed by atoms with Crippen LogP contribution in [0.4, 0.5) is 0 Å². The lowest BCUT2D eigenvalue weighted by Gasteiger charge is -2.51. The molecule has 5 rings (SSSR count). The van der Waals surface area contributed by atoms with Gasteiger partial charge in [-0.05, 0) is 6.92 Å². The molecule has 0 aliphatic carbocycles. The maximum Gasteiger partial charge on any atom is 0.229 e. The summed E-state index contributed by atoms with van der Waals surface area (Å²) in [6.07, 6.45) is -17.0. The zero-order valence-corrected chi connectivity index (χ0v) is 40.0. The summed E-state index contributed by atoms with van der Waals surface area (Å²) in [7, 11) is 19.8. The fraction of sp³-hybridized carbons (Fsp3) is 0.952. The molecule has 0 saturated carbocycles. The van der Waals surface area contributed by atoms with Crippen LogP contribution in [0.1, 0.15) is 6.92 Å². The fourth-order valence-electron chi connectivity index (χ4n) is 9.24. The van der Waals surface area contributed by atoms with Crippen LogP contribution >= 0.6 is 0 Å². The number of rotatable bonds is 24. The molecule has 0 spiro atoms. The summed E-state index contributed by atoms with van der Waals surface area (Å²) in [6, 6.07) is 0. The predicted molar refractivity (Wildman–Crippen MR) is 220 cm³/mol. The van der Waals surface area contributed by atoms with Crippen LogP contribution in [0.5, 0.6) is 0 Å². The van der Waals surface area contributed by atoms with Crippen molar-refractivity contribution in [2.75, 3.05) is 119 Å². The van der Waals surface area contributed by atoms with Crippen LogP contribution in [0, 0.1) is 0 Å². The van der Waals surface area contributed by atoms with Crippen LogP contribution < -0.4 is 0 Å². The Morgan fingerprint density at radius 2 is 0.846 bits per heavy atom. The maximum absolute atomic E-state index is 11.0. The van der Waals surface area contributed by atoms with Crippen molar-refractivity contribution < 1.29 is 109 Å². The van der Waals surface area contributed by atoms with Gasteiger partial charge in [-0.1, -0.05) is 0 Å². The zero-order chi connectivity index (χ0) is 47.4. The van der Waals surface area contributed by atoms with Crippen LogP contribution in [0.15, 0.2) is 12.0 Å². The highest BCUT2D eigenvalue weighted by molar-refractivity contribution is 5.06. The lowest BCUT2D eigenvalue weighted by Crippen LogP contribution is -2.68. The summed E-state index contributed by atoms with van der Waals surface area (Å²) in [6.45, 7) is 2.28. The Labute approximate surface area is 381 Å². The summed E-state index contributed by atoms with van der Waals surface area (Å²) in [5.74, 6) is 0.344. The van der Waals surface area contributed by atoms with E-state index in [2.05, 4.69) is 0 Å². The van der Waals surface area contributed by atoms with Crippen molar-refractivity contribution in [3.8, 4) is 0 Å². The first-order valence-corrected chi connectivity index (χ1v) is 21.5. The van der Waals surface area contributed by atoms with Gasteiger partial charge in [-0.3, -0.25) is 0 Å². The molecule has 22 atom stereocenters. The van der Waals surface area contributed by atoms with Crippen molar-refractivity contribution in [3.63, 3.8) is 0 Å². The Balaban J connectivity index is 1.36. The fourth-order valence-corrected chi connectivity index (χ4v) is 9.24. The summed E-state index contributed by atoms with van der Waals surface area (Å²) in [4.78, 5) is 0. The molecule has 23 heteroatoms. The smallest absolute Gasteiger partial charge is 0.229 e. The van der Waals surface area contributed by atoms with Gasteiger partial charge in [-0.15, -0.1) is 0 Å². The first kappa shape index (κ1) is 54.4. The first-order chi connectivity index (χ1) is 31.5. The molecule has 0 aromatic carbocycles. The van der Waals surface area contributed by atoms with Crippen LogP contribution in [0.3, 0.4) is 0 Å². The second-order valence-corrected chi connectivity index (χ2v) is 16.0. The Bertz CT molecular complexity index is 1380. The average Bonchev–Trinajstić information content (AvgIpc) is 3.31. The van der Waals surface area contributed by atoms with Crippen molar-refractivity contribution in [1.82, 2.24) is 0 Å². The Hall–Kier alpha value is -1.50. The van der Waals surface area contributed by atoms with Gasteiger partial charge in [-0.25, -0.2) is 0 Å². The van der Waals surface area contributed by atoms with Crippen LogP contribution in [-0.2, 0) is 104 Å². The van der Waals surface area contributed by atoms with E-state index in [9.17, 15) is 5.11 Å². The topological polar surface area (TPSA) is 223 Å². The van der Waals surface area contributed by atoms with E-state index in [1.54, 1.807) is 21.3 Å². The van der Waals surface area contributed by atoms with E-state index in [4.69, 9.17) is 104 Å². The number of aliphatic hydroxyl groups excluding tert-OH is 1. The predicted octanol–water partition coefficient (Wildman–Crippen LogP) is -0.600. The second-order valence-electron chi connectivity index (χ2n) is 16.0. The molecule has 5 heterocycles. The molecule has 5 aliphatic rings. The largest absolute Gasteiger partial charge is 0.495 e. The molecule has 4 saturated heterocycles. The normalized spacial score (nSPS) is 43.8. The Morgan fingerprint density at radius 3 is 1.31 bits per heavy atom. The maximum atomic E-state index is 11.0. The number of hydrogen-bond acceptors (Lipinski definition) is 23. The highest BCUT2D eigenvalue weighted by Gasteiger charge is 2.57. The van der Waals surface area contributed by atoms with Gasteiger partial charge in [0, 0.05) is 92.4 Å². The number of hydrogen-bond donors (Lipinski definition) is 1. The van der Waals surface area contributed by atoms with Gasteiger partial charge < -0.3 is 109 Å². The molecule has 0 amide bonds. The average molecular weight is 947 g/mol. The number of aliphatic hydroxyl groups is 1. The third-order valence-corrected chi connectivity index (χ3v) is 12.5. The van der Waals surface area contributed by atoms with Gasteiger partial charge in [0.1, 0.15) is 117 Å². The van der Waals surface area contributed by atoms with Crippen molar-refractivity contribution in [2.24, 2.45) is 0 Å². The van der Waals surface area contributed by atoms with Gasteiger partial charge in [0.25, 0.3) is 0 Å². The molecule has 0 radical (unpaired) electrons. The Morgan fingerprint density at radius 1 is 0.446 bits per heavy atom. The summed E-state index contributed by atoms with van der Waals surface area (Å²) < 4.78 is 134. The minimum Gasteiger partial charge on any atom is -0.495 e. The molecule has 23 nitrogen and oxygen atoms in total. The van der Waals surface area contributed by atoms with Crippen LogP contribution in [0.25, 0.3) is 0 Å². The van der Waals surface area contributed by atoms with Crippen molar-refractivity contribution in [1.29, 1.82) is 0 Å². The monoisotopic (exact) mass is 946 g/mol. The van der Waals surface area contributed by atoms with Crippen molar-refractivity contribution in [2.45, 2.75) is 142 Å². The molecule has 14 unspecified atom stereocenters. The molecule has 0 bridgehead atoms. The molecule has 0 aromatic rings. The first-order valence-electron chi connectivity index (χ1n) is 21.5. The minimum absolute atomic E-state index is 0.0417. The zero-order valence-electron chi connectivity index (χ0n) is 40.0. The van der Waals surface area contributed by atoms with E-state index in [1.807, 2.05) is 6.92 Å². The van der Waals surface area contributed by atoms with Gasteiger partial charge >= 0.3 is 0 Å². The molecular formula is C42H74O23. The molecule has 5 aliphatic heterocycles. The third kappa shape index (κ3) is 12.1. The van der Waals surface area contributed by atoms with E-state index in [1.165, 1.54) is 77.4 Å². The molecular weight excluding hydrogens is 872 g/mol. The summed E-state index contributed by atoms with van der Waals surface area (Å²) in [5, 5.41) is 11.0. The van der Waals surface area contributed by atoms with E-state index >= 15 is 0 Å². The standard InChI is InChI=1S/C42H74O23/c1-20-27(63-41-35(53-11)31(49-7)26(43)21(59-41)15-44-2)32(50-8)36(54-12)39(58-20)64-29-24(17-46-4)61-42(38(56-14)34(29)52-10)65-30-23(16-45-3)60-40(37(55-13)33(30)51-9)62-25-19-57-18-22(47-5)28(25)48-6/h19-24,26-43H,15-18H2,1-14H3/t20?,21?,22?,23?,24?,26-,27-,28?,29-,30-,31?,32?,33?,34?,35?,36?,37?,38?,39-,40-,41+,42+/m1/s1. The lowest BCUT2D eigenvalue weighted by molar-refractivity contribution is -0.392. The van der Waals surface area contributed by atoms with Crippen molar-refractivity contribution >= 4 is 0 Å². The van der Waals surface area contributed by atoms with E-state index in [0.717, 1.165) is 0 Å². The molecule has 65 heavy (non-hydrogen) atoms.